The van der Waals surface area contributed by atoms with Gasteiger partial charge in [0.05, 0.1) is 10.7 Å². The highest BCUT2D eigenvalue weighted by Crippen LogP contribution is 2.38. The molecule has 0 aliphatic heterocycles. The number of carboxylic acids is 1. The lowest BCUT2D eigenvalue weighted by atomic mass is 9.97. The number of hydrogen-bond donors (Lipinski definition) is 1. The van der Waals surface area contributed by atoms with E-state index < -0.39 is 5.97 Å². The fraction of sp³-hybridized carbons (Fsp3) is 0.0769. The molecule has 4 aromatic rings. The lowest BCUT2D eigenvalue weighted by molar-refractivity contribution is 0.0690. The quantitative estimate of drug-likeness (QED) is 0.325. The molecule has 1 heterocycles. The molecule has 0 bridgehead atoms. The van der Waals surface area contributed by atoms with Crippen LogP contribution in [-0.4, -0.2) is 16.1 Å². The van der Waals surface area contributed by atoms with Crippen LogP contribution in [0.1, 0.15) is 21.6 Å². The summed E-state index contributed by atoms with van der Waals surface area (Å²) in [5.74, 6) is -0.625. The second kappa shape index (κ2) is 9.43. The second-order valence-electron chi connectivity index (χ2n) is 7.30. The van der Waals surface area contributed by atoms with Gasteiger partial charge in [0.2, 0.25) is 0 Å². The SMILES string of the molecule is Cc1ccc(Cl)c(-c2ccc(C(=O)O)nc2-c2ccc(Cl)c(OCc3ccccc3)c2)c1. The Morgan fingerprint density at radius 3 is 2.41 bits per heavy atom. The normalized spacial score (nSPS) is 10.7. The van der Waals surface area contributed by atoms with Gasteiger partial charge in [0.15, 0.2) is 0 Å². The predicted octanol–water partition coefficient (Wildman–Crippen LogP) is 7.31. The Hall–Kier alpha value is -3.34. The maximum atomic E-state index is 11.6. The van der Waals surface area contributed by atoms with E-state index in [9.17, 15) is 9.90 Å². The van der Waals surface area contributed by atoms with Gasteiger partial charge in [-0.2, -0.15) is 0 Å². The molecule has 1 aromatic heterocycles. The van der Waals surface area contributed by atoms with E-state index in [-0.39, 0.29) is 5.69 Å². The third-order valence-corrected chi connectivity index (χ3v) is 5.61. The molecule has 0 aliphatic carbocycles. The number of pyridine rings is 1. The van der Waals surface area contributed by atoms with E-state index in [1.54, 1.807) is 24.3 Å². The summed E-state index contributed by atoms with van der Waals surface area (Å²) in [5, 5.41) is 10.5. The van der Waals surface area contributed by atoms with Gasteiger partial charge in [-0.15, -0.1) is 0 Å². The summed E-state index contributed by atoms with van der Waals surface area (Å²) in [6.07, 6.45) is 0. The van der Waals surface area contributed by atoms with Crippen LogP contribution in [0, 0.1) is 6.92 Å². The van der Waals surface area contributed by atoms with Crippen LogP contribution in [0.2, 0.25) is 10.0 Å². The minimum absolute atomic E-state index is 0.0609. The van der Waals surface area contributed by atoms with Crippen molar-refractivity contribution in [1.82, 2.24) is 4.98 Å². The first-order valence-corrected chi connectivity index (χ1v) is 10.7. The van der Waals surface area contributed by atoms with E-state index in [1.807, 2.05) is 55.5 Å². The molecule has 0 saturated carbocycles. The summed E-state index contributed by atoms with van der Waals surface area (Å²) in [5.41, 5.74) is 4.63. The average molecular weight is 464 g/mol. The molecule has 160 valence electrons. The predicted molar refractivity (Wildman–Crippen MR) is 128 cm³/mol. The summed E-state index contributed by atoms with van der Waals surface area (Å²) in [6.45, 7) is 2.32. The van der Waals surface area contributed by atoms with E-state index in [0.717, 1.165) is 22.3 Å². The van der Waals surface area contributed by atoms with Crippen LogP contribution in [0.15, 0.2) is 78.9 Å². The lowest BCUT2D eigenvalue weighted by Gasteiger charge is -2.14. The number of ether oxygens (including phenoxy) is 1. The van der Waals surface area contributed by atoms with Crippen LogP contribution in [0.4, 0.5) is 0 Å². The molecule has 0 atom stereocenters. The van der Waals surface area contributed by atoms with Gasteiger partial charge in [-0.25, -0.2) is 9.78 Å². The largest absolute Gasteiger partial charge is 0.487 e. The van der Waals surface area contributed by atoms with Crippen LogP contribution >= 0.6 is 23.2 Å². The number of aryl methyl sites for hydroxylation is 1. The number of nitrogens with zero attached hydrogens (tertiary/aromatic N) is 1. The third kappa shape index (κ3) is 4.77. The first kappa shape index (κ1) is 21.9. The molecule has 32 heavy (non-hydrogen) atoms. The van der Waals surface area contributed by atoms with Crippen molar-refractivity contribution in [1.29, 1.82) is 0 Å². The van der Waals surface area contributed by atoms with Crippen molar-refractivity contribution in [2.75, 3.05) is 0 Å². The van der Waals surface area contributed by atoms with E-state index >= 15 is 0 Å². The molecule has 0 spiro atoms. The molecule has 6 heteroatoms. The molecular formula is C26H19Cl2NO3. The second-order valence-corrected chi connectivity index (χ2v) is 8.11. The Kier molecular flexibility index (Phi) is 6.45. The molecule has 0 amide bonds. The number of carboxylic acid groups (broad SMARTS) is 1. The van der Waals surface area contributed by atoms with Gasteiger partial charge < -0.3 is 9.84 Å². The van der Waals surface area contributed by atoms with E-state index in [2.05, 4.69) is 4.98 Å². The summed E-state index contributed by atoms with van der Waals surface area (Å²) in [7, 11) is 0. The number of hydrogen-bond acceptors (Lipinski definition) is 3. The zero-order valence-corrected chi connectivity index (χ0v) is 18.7. The van der Waals surface area contributed by atoms with Crippen LogP contribution in [-0.2, 0) is 6.61 Å². The van der Waals surface area contributed by atoms with E-state index in [1.165, 1.54) is 6.07 Å². The van der Waals surface area contributed by atoms with Crippen LogP contribution in [0.5, 0.6) is 5.75 Å². The monoisotopic (exact) mass is 463 g/mol. The van der Waals surface area contributed by atoms with Crippen molar-refractivity contribution >= 4 is 29.2 Å². The molecule has 0 saturated heterocycles. The molecule has 0 aliphatic rings. The van der Waals surface area contributed by atoms with Gasteiger partial charge in [-0.05, 0) is 48.9 Å². The van der Waals surface area contributed by atoms with Gasteiger partial charge in [0.1, 0.15) is 18.1 Å². The summed E-state index contributed by atoms with van der Waals surface area (Å²) < 4.78 is 5.95. The first-order valence-electron chi connectivity index (χ1n) is 9.90. The van der Waals surface area contributed by atoms with Gasteiger partial charge in [-0.3, -0.25) is 0 Å². The molecule has 0 unspecified atom stereocenters. The Bertz CT molecular complexity index is 1290. The highest BCUT2D eigenvalue weighted by molar-refractivity contribution is 6.33. The van der Waals surface area contributed by atoms with Crippen LogP contribution in [0.25, 0.3) is 22.4 Å². The van der Waals surface area contributed by atoms with Crippen molar-refractivity contribution in [2.45, 2.75) is 13.5 Å². The third-order valence-electron chi connectivity index (χ3n) is 4.97. The van der Waals surface area contributed by atoms with Gasteiger partial charge in [0, 0.05) is 21.7 Å². The van der Waals surface area contributed by atoms with Crippen molar-refractivity contribution < 1.29 is 14.6 Å². The lowest BCUT2D eigenvalue weighted by Crippen LogP contribution is -2.03. The number of rotatable bonds is 6. The maximum Gasteiger partial charge on any atom is 0.354 e. The van der Waals surface area contributed by atoms with Gasteiger partial charge in [0.25, 0.3) is 0 Å². The van der Waals surface area contributed by atoms with Crippen molar-refractivity contribution in [2.24, 2.45) is 0 Å². The highest BCUT2D eigenvalue weighted by atomic mass is 35.5. The number of halogens is 2. The number of aromatic nitrogens is 1. The van der Waals surface area contributed by atoms with Crippen molar-refractivity contribution in [3.8, 4) is 28.1 Å². The Morgan fingerprint density at radius 2 is 1.66 bits per heavy atom. The van der Waals surface area contributed by atoms with Gasteiger partial charge >= 0.3 is 5.97 Å². The molecule has 3 aromatic carbocycles. The summed E-state index contributed by atoms with van der Waals surface area (Å²) >= 11 is 12.9. The zero-order valence-electron chi connectivity index (χ0n) is 17.2. The number of aromatic carboxylic acids is 1. The molecule has 4 rings (SSSR count). The smallest absolute Gasteiger partial charge is 0.354 e. The molecule has 1 N–H and O–H groups in total. The fourth-order valence-corrected chi connectivity index (χ4v) is 3.75. The topological polar surface area (TPSA) is 59.4 Å². The van der Waals surface area contributed by atoms with Crippen molar-refractivity contribution in [3.63, 3.8) is 0 Å². The fourth-order valence-electron chi connectivity index (χ4n) is 3.36. The first-order chi connectivity index (χ1) is 15.4. The Balaban J connectivity index is 1.80. The molecule has 4 nitrogen and oxygen atoms in total. The molecule has 0 fully saturated rings. The van der Waals surface area contributed by atoms with E-state index in [0.29, 0.717) is 33.7 Å². The van der Waals surface area contributed by atoms with Gasteiger partial charge in [-0.1, -0.05) is 71.2 Å². The Labute approximate surface area is 196 Å². The number of benzene rings is 3. The molecular weight excluding hydrogens is 445 g/mol. The Morgan fingerprint density at radius 1 is 0.906 bits per heavy atom. The highest BCUT2D eigenvalue weighted by Gasteiger charge is 2.17. The van der Waals surface area contributed by atoms with Crippen LogP contribution < -0.4 is 4.74 Å². The summed E-state index contributed by atoms with van der Waals surface area (Å²) in [4.78, 5) is 16.0. The zero-order chi connectivity index (χ0) is 22.7. The minimum atomic E-state index is -1.11. The van der Waals surface area contributed by atoms with E-state index in [4.69, 9.17) is 27.9 Å². The number of carbonyl (C=O) groups is 1. The van der Waals surface area contributed by atoms with Crippen LogP contribution in [0.3, 0.4) is 0 Å². The average Bonchev–Trinajstić information content (AvgIpc) is 2.80. The molecule has 0 radical (unpaired) electrons. The minimum Gasteiger partial charge on any atom is -0.487 e. The summed E-state index contributed by atoms with van der Waals surface area (Å²) in [6, 6.07) is 23.9. The van der Waals surface area contributed by atoms with Crippen molar-refractivity contribution in [3.05, 3.63) is 106 Å². The standard InChI is InChI=1S/C26H19Cl2NO3/c1-16-7-10-21(27)20(13-16)19-9-12-23(26(30)31)29-25(19)18-8-11-22(28)24(14-18)32-15-17-5-3-2-4-6-17/h2-14H,15H2,1H3,(H,30,31). The maximum absolute atomic E-state index is 11.6.